The molecule has 128 valence electrons. The van der Waals surface area contributed by atoms with Gasteiger partial charge < -0.3 is 10.6 Å². The molecular weight excluding hydrogens is 314 g/mol. The van der Waals surface area contributed by atoms with Gasteiger partial charge >= 0.3 is 6.03 Å². The Kier molecular flexibility index (Phi) is 4.79. The van der Waals surface area contributed by atoms with Crippen molar-refractivity contribution in [3.63, 3.8) is 0 Å². The average Bonchev–Trinajstić information content (AvgIpc) is 2.98. The van der Waals surface area contributed by atoms with Crippen LogP contribution in [-0.2, 0) is 13.6 Å². The molecule has 0 bridgehead atoms. The third kappa shape index (κ3) is 4.03. The minimum absolute atomic E-state index is 0.256. The number of nitrogens with one attached hydrogen (secondary N) is 2. The van der Waals surface area contributed by atoms with Gasteiger partial charge in [-0.25, -0.2) is 4.79 Å². The number of anilines is 1. The Morgan fingerprint density at radius 1 is 1.12 bits per heavy atom. The zero-order valence-electron chi connectivity index (χ0n) is 14.6. The average molecular weight is 335 g/mol. The fraction of sp³-hybridized carbons (Fsp3) is 0.211. The summed E-state index contributed by atoms with van der Waals surface area (Å²) in [6.45, 7) is 4.40. The van der Waals surface area contributed by atoms with Gasteiger partial charge in [0.1, 0.15) is 0 Å². The number of carbonyl (C=O) groups excluding carboxylic acids is 1. The van der Waals surface area contributed by atoms with Gasteiger partial charge in [0, 0.05) is 18.9 Å². The molecule has 0 aliphatic heterocycles. The van der Waals surface area contributed by atoms with E-state index >= 15 is 0 Å². The third-order valence-corrected chi connectivity index (χ3v) is 4.05. The Balaban J connectivity index is 1.62. The van der Waals surface area contributed by atoms with Crippen molar-refractivity contribution in [3.8, 4) is 11.4 Å². The Bertz CT molecular complexity index is 886. The normalized spacial score (nSPS) is 10.5. The monoisotopic (exact) mass is 335 g/mol. The summed E-state index contributed by atoms with van der Waals surface area (Å²) in [6, 6.07) is 13.2. The van der Waals surface area contributed by atoms with Crippen LogP contribution in [0.3, 0.4) is 0 Å². The minimum Gasteiger partial charge on any atom is -0.332 e. The van der Waals surface area contributed by atoms with Crippen molar-refractivity contribution < 1.29 is 4.79 Å². The Morgan fingerprint density at radius 3 is 2.68 bits per heavy atom. The van der Waals surface area contributed by atoms with Gasteiger partial charge in [-0.1, -0.05) is 12.1 Å². The molecule has 2 N–H and O–H groups in total. The first-order chi connectivity index (χ1) is 12.0. The predicted molar refractivity (Wildman–Crippen MR) is 98.2 cm³/mol. The molecule has 0 unspecified atom stereocenters. The van der Waals surface area contributed by atoms with Crippen LogP contribution >= 0.6 is 0 Å². The lowest BCUT2D eigenvalue weighted by Gasteiger charge is -2.08. The fourth-order valence-electron chi connectivity index (χ4n) is 2.53. The molecule has 3 aromatic rings. The smallest absolute Gasteiger partial charge is 0.319 e. The maximum absolute atomic E-state index is 12.1. The number of rotatable bonds is 4. The van der Waals surface area contributed by atoms with E-state index in [1.165, 1.54) is 5.56 Å². The van der Waals surface area contributed by atoms with Gasteiger partial charge in [0.15, 0.2) is 0 Å². The molecule has 3 rings (SSSR count). The van der Waals surface area contributed by atoms with E-state index in [1.54, 1.807) is 10.9 Å². The van der Waals surface area contributed by atoms with Crippen molar-refractivity contribution in [1.29, 1.82) is 0 Å². The topological polar surface area (TPSA) is 71.8 Å². The molecule has 0 fully saturated rings. The highest BCUT2D eigenvalue weighted by atomic mass is 16.2. The van der Waals surface area contributed by atoms with Crippen LogP contribution in [0.1, 0.15) is 16.8 Å². The summed E-state index contributed by atoms with van der Waals surface area (Å²) < 4.78 is 1.76. The number of aromatic nitrogens is 3. The number of urea groups is 1. The standard InChI is InChI=1S/C19H21N5O/c1-13-7-8-15(10-14(13)2)22-19(25)21-12-16-11-18(24(3)23-16)17-6-4-5-9-20-17/h4-11H,12H2,1-3H3,(H2,21,22,25). The number of aryl methyl sites for hydroxylation is 3. The lowest BCUT2D eigenvalue weighted by Crippen LogP contribution is -2.28. The number of nitrogens with zero attached hydrogens (tertiary/aromatic N) is 3. The van der Waals surface area contributed by atoms with E-state index in [1.807, 2.05) is 63.4 Å². The van der Waals surface area contributed by atoms with E-state index in [0.29, 0.717) is 6.54 Å². The maximum atomic E-state index is 12.1. The molecule has 0 saturated carbocycles. The van der Waals surface area contributed by atoms with Crippen LogP contribution < -0.4 is 10.6 Å². The second-order valence-electron chi connectivity index (χ2n) is 5.97. The van der Waals surface area contributed by atoms with Gasteiger partial charge in [0.05, 0.1) is 23.6 Å². The second kappa shape index (κ2) is 7.17. The molecule has 0 radical (unpaired) electrons. The van der Waals surface area contributed by atoms with Crippen LogP contribution in [0.25, 0.3) is 11.4 Å². The first-order valence-electron chi connectivity index (χ1n) is 8.09. The summed E-state index contributed by atoms with van der Waals surface area (Å²) in [5.41, 5.74) is 5.65. The molecule has 0 spiro atoms. The molecule has 0 aliphatic rings. The molecule has 0 atom stereocenters. The highest BCUT2D eigenvalue weighted by Crippen LogP contribution is 2.17. The van der Waals surface area contributed by atoms with Gasteiger partial charge in [-0.2, -0.15) is 5.10 Å². The molecule has 0 aliphatic carbocycles. The second-order valence-corrected chi connectivity index (χ2v) is 5.97. The predicted octanol–water partition coefficient (Wildman–Crippen LogP) is 3.42. The van der Waals surface area contributed by atoms with Crippen LogP contribution in [0.15, 0.2) is 48.7 Å². The van der Waals surface area contributed by atoms with E-state index in [9.17, 15) is 4.79 Å². The number of hydrogen-bond donors (Lipinski definition) is 2. The van der Waals surface area contributed by atoms with Crippen LogP contribution in [0, 0.1) is 13.8 Å². The van der Waals surface area contributed by atoms with Crippen LogP contribution in [0.5, 0.6) is 0 Å². The van der Waals surface area contributed by atoms with E-state index in [4.69, 9.17) is 0 Å². The van der Waals surface area contributed by atoms with Gasteiger partial charge in [0.2, 0.25) is 0 Å². The quantitative estimate of drug-likeness (QED) is 0.767. The highest BCUT2D eigenvalue weighted by Gasteiger charge is 2.09. The number of hydrogen-bond acceptors (Lipinski definition) is 3. The van der Waals surface area contributed by atoms with E-state index in [2.05, 4.69) is 20.7 Å². The number of pyridine rings is 1. The number of carbonyl (C=O) groups is 1. The summed E-state index contributed by atoms with van der Waals surface area (Å²) in [6.07, 6.45) is 1.75. The molecule has 0 saturated heterocycles. The summed E-state index contributed by atoms with van der Waals surface area (Å²) in [4.78, 5) is 16.4. The molecule has 6 heteroatoms. The van der Waals surface area contributed by atoms with Gasteiger partial charge in [-0.3, -0.25) is 9.67 Å². The first-order valence-corrected chi connectivity index (χ1v) is 8.09. The molecule has 2 amide bonds. The zero-order chi connectivity index (χ0) is 17.8. The van der Waals surface area contributed by atoms with Crippen molar-refractivity contribution in [2.24, 2.45) is 7.05 Å². The number of benzene rings is 1. The highest BCUT2D eigenvalue weighted by molar-refractivity contribution is 5.89. The lowest BCUT2D eigenvalue weighted by molar-refractivity contribution is 0.251. The molecule has 2 heterocycles. The van der Waals surface area contributed by atoms with E-state index < -0.39 is 0 Å². The molecule has 2 aromatic heterocycles. The first kappa shape index (κ1) is 16.7. The van der Waals surface area contributed by atoms with Crippen molar-refractivity contribution in [2.75, 3.05) is 5.32 Å². The van der Waals surface area contributed by atoms with Crippen LogP contribution in [0.4, 0.5) is 10.5 Å². The Labute approximate surface area is 146 Å². The summed E-state index contributed by atoms with van der Waals surface area (Å²) >= 11 is 0. The van der Waals surface area contributed by atoms with Crippen molar-refractivity contribution >= 4 is 11.7 Å². The summed E-state index contributed by atoms with van der Waals surface area (Å²) in [5.74, 6) is 0. The summed E-state index contributed by atoms with van der Waals surface area (Å²) in [7, 11) is 1.86. The molecule has 1 aromatic carbocycles. The largest absolute Gasteiger partial charge is 0.332 e. The van der Waals surface area contributed by atoms with E-state index in [0.717, 1.165) is 28.3 Å². The maximum Gasteiger partial charge on any atom is 0.319 e. The fourth-order valence-corrected chi connectivity index (χ4v) is 2.53. The van der Waals surface area contributed by atoms with Crippen LogP contribution in [0.2, 0.25) is 0 Å². The van der Waals surface area contributed by atoms with Crippen molar-refractivity contribution in [1.82, 2.24) is 20.1 Å². The molecule has 6 nitrogen and oxygen atoms in total. The van der Waals surface area contributed by atoms with Crippen molar-refractivity contribution in [2.45, 2.75) is 20.4 Å². The van der Waals surface area contributed by atoms with Gasteiger partial charge in [-0.15, -0.1) is 0 Å². The van der Waals surface area contributed by atoms with Gasteiger partial charge in [-0.05, 0) is 55.3 Å². The molecule has 25 heavy (non-hydrogen) atoms. The van der Waals surface area contributed by atoms with Crippen molar-refractivity contribution in [3.05, 3.63) is 65.5 Å². The van der Waals surface area contributed by atoms with Gasteiger partial charge in [0.25, 0.3) is 0 Å². The van der Waals surface area contributed by atoms with Crippen LogP contribution in [-0.4, -0.2) is 20.8 Å². The Morgan fingerprint density at radius 2 is 1.96 bits per heavy atom. The zero-order valence-corrected chi connectivity index (χ0v) is 14.6. The number of amides is 2. The van der Waals surface area contributed by atoms with E-state index in [-0.39, 0.29) is 6.03 Å². The third-order valence-electron chi connectivity index (χ3n) is 4.05. The Hall–Kier alpha value is -3.15. The molecular formula is C19H21N5O. The lowest BCUT2D eigenvalue weighted by atomic mass is 10.1. The minimum atomic E-state index is -0.256. The SMILES string of the molecule is Cc1ccc(NC(=O)NCc2cc(-c3ccccn3)n(C)n2)cc1C. The summed E-state index contributed by atoms with van der Waals surface area (Å²) in [5, 5.41) is 10.1.